The van der Waals surface area contributed by atoms with Crippen LogP contribution in [0.2, 0.25) is 5.15 Å². The predicted molar refractivity (Wildman–Crippen MR) is 90.2 cm³/mol. The number of nitrogen functional groups attached to an aromatic ring is 1. The summed E-state index contributed by atoms with van der Waals surface area (Å²) in [7, 11) is 0. The lowest BCUT2D eigenvalue weighted by atomic mass is 10.2. The van der Waals surface area contributed by atoms with E-state index in [9.17, 15) is 4.79 Å². The summed E-state index contributed by atoms with van der Waals surface area (Å²) in [5.74, 6) is 0.474. The van der Waals surface area contributed by atoms with Crippen molar-refractivity contribution in [3.05, 3.63) is 23.3 Å². The Morgan fingerprint density at radius 3 is 2.87 bits per heavy atom. The van der Waals surface area contributed by atoms with E-state index in [1.165, 1.54) is 6.33 Å². The van der Waals surface area contributed by atoms with Gasteiger partial charge in [0.25, 0.3) is 0 Å². The molecule has 0 saturated carbocycles. The molecule has 1 aromatic heterocycles. The molecule has 126 valence electrons. The minimum Gasteiger partial charge on any atom is -0.444 e. The second-order valence-electron chi connectivity index (χ2n) is 6.31. The lowest BCUT2D eigenvalue weighted by molar-refractivity contribution is 0.0273. The van der Waals surface area contributed by atoms with Gasteiger partial charge in [0.1, 0.15) is 17.6 Å². The fourth-order valence-corrected chi connectivity index (χ4v) is 2.24. The van der Waals surface area contributed by atoms with Crippen LogP contribution < -0.4 is 11.1 Å². The molecule has 2 heterocycles. The highest BCUT2D eigenvalue weighted by atomic mass is 35.5. The Labute approximate surface area is 140 Å². The van der Waals surface area contributed by atoms with Crippen molar-refractivity contribution >= 4 is 29.2 Å². The molecule has 3 N–H and O–H groups in total. The number of hydrogen-bond acceptors (Lipinski definition) is 6. The van der Waals surface area contributed by atoms with Crippen LogP contribution in [0.15, 0.2) is 18.1 Å². The number of halogens is 1. The smallest absolute Gasteiger partial charge is 0.410 e. The number of rotatable bonds is 2. The average molecular weight is 340 g/mol. The van der Waals surface area contributed by atoms with Crippen molar-refractivity contribution < 1.29 is 9.53 Å². The average Bonchev–Trinajstić information content (AvgIpc) is 2.68. The third-order valence-corrected chi connectivity index (χ3v) is 3.50. The molecule has 1 aliphatic heterocycles. The van der Waals surface area contributed by atoms with Gasteiger partial charge in [0.2, 0.25) is 0 Å². The monoisotopic (exact) mass is 339 g/mol. The Morgan fingerprint density at radius 2 is 2.17 bits per heavy atom. The van der Waals surface area contributed by atoms with Gasteiger partial charge >= 0.3 is 6.09 Å². The first-order chi connectivity index (χ1) is 10.8. The van der Waals surface area contributed by atoms with Gasteiger partial charge in [-0.05, 0) is 39.7 Å². The molecule has 0 fully saturated rings. The number of allylic oxidation sites excluding steroid dienone is 1. The number of carbonyl (C=O) groups is 1. The van der Waals surface area contributed by atoms with Crippen LogP contribution in [0.5, 0.6) is 0 Å². The highest BCUT2D eigenvalue weighted by Gasteiger charge is 2.22. The first-order valence-electron chi connectivity index (χ1n) is 7.46. The number of amides is 1. The van der Waals surface area contributed by atoms with Crippen LogP contribution in [-0.2, 0) is 4.74 Å². The summed E-state index contributed by atoms with van der Waals surface area (Å²) in [4.78, 5) is 21.7. The van der Waals surface area contributed by atoms with E-state index in [1.54, 1.807) is 4.90 Å². The molecule has 1 aliphatic rings. The van der Waals surface area contributed by atoms with Crippen molar-refractivity contribution in [2.75, 3.05) is 24.1 Å². The second kappa shape index (κ2) is 7.04. The Morgan fingerprint density at radius 1 is 1.43 bits per heavy atom. The van der Waals surface area contributed by atoms with E-state index in [2.05, 4.69) is 15.3 Å². The largest absolute Gasteiger partial charge is 0.444 e. The molecule has 1 aromatic rings. The van der Waals surface area contributed by atoms with Crippen molar-refractivity contribution in [1.82, 2.24) is 14.9 Å². The van der Waals surface area contributed by atoms with Crippen LogP contribution in [0, 0.1) is 0 Å². The van der Waals surface area contributed by atoms with Crippen LogP contribution in [0.3, 0.4) is 0 Å². The van der Waals surface area contributed by atoms with Crippen molar-refractivity contribution in [2.24, 2.45) is 0 Å². The lowest BCUT2D eigenvalue weighted by Crippen LogP contribution is -2.37. The molecule has 8 heteroatoms. The van der Waals surface area contributed by atoms with Gasteiger partial charge in [-0.3, -0.25) is 0 Å². The zero-order valence-electron chi connectivity index (χ0n) is 13.6. The number of hydrogen-bond donors (Lipinski definition) is 2. The summed E-state index contributed by atoms with van der Waals surface area (Å²) >= 11 is 5.88. The van der Waals surface area contributed by atoms with Crippen LogP contribution in [0.1, 0.15) is 33.6 Å². The zero-order chi connectivity index (χ0) is 17.0. The SMILES string of the molecule is CC(C)(C)OC(=O)N1CC=C(Nc2ncnc(Cl)c2N)CCC1. The fraction of sp³-hybridized carbons (Fsp3) is 0.533. The molecule has 0 unspecified atom stereocenters. The topological polar surface area (TPSA) is 93.4 Å². The Hall–Kier alpha value is -2.02. The van der Waals surface area contributed by atoms with E-state index >= 15 is 0 Å². The summed E-state index contributed by atoms with van der Waals surface area (Å²) in [5, 5.41) is 3.37. The van der Waals surface area contributed by atoms with Gasteiger partial charge in [0.15, 0.2) is 11.0 Å². The molecule has 0 aliphatic carbocycles. The van der Waals surface area contributed by atoms with Gasteiger partial charge in [-0.1, -0.05) is 11.6 Å². The molecule has 0 radical (unpaired) electrons. The molecule has 1 amide bonds. The number of carbonyl (C=O) groups excluding carboxylic acids is 1. The quantitative estimate of drug-likeness (QED) is 0.804. The summed E-state index contributed by atoms with van der Waals surface area (Å²) in [5.41, 5.74) is 6.60. The molecule has 23 heavy (non-hydrogen) atoms. The van der Waals surface area contributed by atoms with Crippen molar-refractivity contribution in [3.63, 3.8) is 0 Å². The highest BCUT2D eigenvalue weighted by Crippen LogP contribution is 2.25. The van der Waals surface area contributed by atoms with E-state index < -0.39 is 5.60 Å². The van der Waals surface area contributed by atoms with E-state index in [4.69, 9.17) is 22.1 Å². The van der Waals surface area contributed by atoms with Gasteiger partial charge < -0.3 is 20.7 Å². The van der Waals surface area contributed by atoms with E-state index in [1.807, 2.05) is 26.8 Å². The molecule has 0 saturated heterocycles. The van der Waals surface area contributed by atoms with Crippen LogP contribution in [0.25, 0.3) is 0 Å². The Balaban J connectivity index is 2.03. The van der Waals surface area contributed by atoms with Crippen molar-refractivity contribution in [3.8, 4) is 0 Å². The third-order valence-electron chi connectivity index (χ3n) is 3.20. The number of anilines is 2. The van der Waals surface area contributed by atoms with Gasteiger partial charge in [-0.15, -0.1) is 0 Å². The number of nitrogens with two attached hydrogens (primary N) is 1. The second-order valence-corrected chi connectivity index (χ2v) is 6.67. The van der Waals surface area contributed by atoms with Gasteiger partial charge in [-0.25, -0.2) is 14.8 Å². The standard InChI is InChI=1S/C15H22ClN5O2/c1-15(2,3)23-14(22)21-7-4-5-10(6-8-21)20-13-11(17)12(16)18-9-19-13/h6,9H,4-5,7-8,17H2,1-3H3,(H,18,19,20). The van der Waals surface area contributed by atoms with Crippen LogP contribution >= 0.6 is 11.6 Å². The molecule has 0 aromatic carbocycles. The summed E-state index contributed by atoms with van der Waals surface area (Å²) in [6.07, 6.45) is 4.58. The van der Waals surface area contributed by atoms with Gasteiger partial charge in [0, 0.05) is 18.8 Å². The third kappa shape index (κ3) is 4.99. The minimum absolute atomic E-state index is 0.215. The molecule has 7 nitrogen and oxygen atoms in total. The van der Waals surface area contributed by atoms with Gasteiger partial charge in [-0.2, -0.15) is 0 Å². The highest BCUT2D eigenvalue weighted by molar-refractivity contribution is 6.32. The minimum atomic E-state index is -0.500. The summed E-state index contributed by atoms with van der Waals surface area (Å²) < 4.78 is 5.40. The van der Waals surface area contributed by atoms with E-state index in [0.29, 0.717) is 24.6 Å². The number of aromatic nitrogens is 2. The normalized spacial score (nSPS) is 15.7. The van der Waals surface area contributed by atoms with E-state index in [0.717, 1.165) is 18.5 Å². The predicted octanol–water partition coefficient (Wildman–Crippen LogP) is 3.04. The van der Waals surface area contributed by atoms with Crippen LogP contribution in [-0.4, -0.2) is 39.7 Å². The molecule has 0 bridgehead atoms. The molecular formula is C15H22ClN5O2. The number of nitrogens with one attached hydrogen (secondary N) is 1. The maximum Gasteiger partial charge on any atom is 0.410 e. The maximum atomic E-state index is 12.1. The summed E-state index contributed by atoms with van der Waals surface area (Å²) in [6.45, 7) is 6.67. The molecule has 0 spiro atoms. The zero-order valence-corrected chi connectivity index (χ0v) is 14.4. The fourth-order valence-electron chi connectivity index (χ4n) is 2.11. The number of nitrogens with zero attached hydrogens (tertiary/aromatic N) is 3. The van der Waals surface area contributed by atoms with Crippen molar-refractivity contribution in [2.45, 2.75) is 39.2 Å². The first kappa shape index (κ1) is 17.3. The Bertz CT molecular complexity index is 612. The van der Waals surface area contributed by atoms with Crippen LogP contribution in [0.4, 0.5) is 16.3 Å². The lowest BCUT2D eigenvalue weighted by Gasteiger charge is -2.25. The molecule has 2 rings (SSSR count). The Kier molecular flexibility index (Phi) is 5.30. The van der Waals surface area contributed by atoms with Crippen molar-refractivity contribution in [1.29, 1.82) is 0 Å². The maximum absolute atomic E-state index is 12.1. The van der Waals surface area contributed by atoms with Gasteiger partial charge in [0.05, 0.1) is 0 Å². The molecular weight excluding hydrogens is 318 g/mol. The first-order valence-corrected chi connectivity index (χ1v) is 7.84. The van der Waals surface area contributed by atoms with E-state index in [-0.39, 0.29) is 11.2 Å². The summed E-state index contributed by atoms with van der Waals surface area (Å²) in [6, 6.07) is 0. The number of ether oxygens (including phenoxy) is 1. The molecule has 0 atom stereocenters.